The Bertz CT molecular complexity index is 845. The number of hydrogen-bond acceptors (Lipinski definition) is 5. The molecule has 0 saturated heterocycles. The van der Waals surface area contributed by atoms with E-state index in [0.717, 1.165) is 0 Å². The van der Waals surface area contributed by atoms with Gasteiger partial charge in [0, 0.05) is 18.3 Å². The van der Waals surface area contributed by atoms with Gasteiger partial charge in [-0.25, -0.2) is 4.79 Å². The average molecular weight is 340 g/mol. The number of carbonyl (C=O) groups excluding carboxylic acids is 3. The van der Waals surface area contributed by atoms with E-state index in [1.54, 1.807) is 49.5 Å². The van der Waals surface area contributed by atoms with Crippen molar-refractivity contribution >= 4 is 29.2 Å². The van der Waals surface area contributed by atoms with Crippen LogP contribution in [0.5, 0.6) is 5.75 Å². The van der Waals surface area contributed by atoms with Gasteiger partial charge < -0.3 is 19.7 Å². The number of carbonyl (C=O) groups is 3. The van der Waals surface area contributed by atoms with E-state index in [-0.39, 0.29) is 18.4 Å². The number of rotatable bonds is 3. The number of hydrogen-bond donors (Lipinski definition) is 1. The van der Waals surface area contributed by atoms with Gasteiger partial charge in [-0.15, -0.1) is 0 Å². The zero-order valence-corrected chi connectivity index (χ0v) is 13.7. The Morgan fingerprint density at radius 3 is 2.48 bits per heavy atom. The molecule has 1 aliphatic heterocycles. The summed E-state index contributed by atoms with van der Waals surface area (Å²) in [5.74, 6) is -0.398. The first kappa shape index (κ1) is 16.5. The first-order valence-electron chi connectivity index (χ1n) is 7.52. The molecule has 0 aromatic heterocycles. The van der Waals surface area contributed by atoms with Gasteiger partial charge in [0.15, 0.2) is 6.61 Å². The van der Waals surface area contributed by atoms with Crippen molar-refractivity contribution in [1.82, 2.24) is 0 Å². The van der Waals surface area contributed by atoms with Crippen LogP contribution in [0.2, 0.25) is 0 Å². The Hall–Kier alpha value is -3.35. The summed E-state index contributed by atoms with van der Waals surface area (Å²) in [4.78, 5) is 37.0. The highest BCUT2D eigenvalue weighted by molar-refractivity contribution is 6.06. The van der Waals surface area contributed by atoms with E-state index in [1.165, 1.54) is 12.0 Å². The van der Waals surface area contributed by atoms with E-state index in [0.29, 0.717) is 28.3 Å². The third-order valence-electron chi connectivity index (χ3n) is 3.87. The third kappa shape index (κ3) is 3.30. The first-order valence-corrected chi connectivity index (χ1v) is 7.52. The minimum atomic E-state index is -0.444. The van der Waals surface area contributed by atoms with E-state index in [4.69, 9.17) is 4.74 Å². The van der Waals surface area contributed by atoms with Gasteiger partial charge in [0.1, 0.15) is 5.75 Å². The van der Waals surface area contributed by atoms with Gasteiger partial charge in [-0.1, -0.05) is 0 Å². The molecule has 0 bridgehead atoms. The van der Waals surface area contributed by atoms with Crippen molar-refractivity contribution in [3.8, 4) is 5.75 Å². The number of nitrogens with zero attached hydrogens (tertiary/aromatic N) is 1. The van der Waals surface area contributed by atoms with E-state index in [9.17, 15) is 14.4 Å². The lowest BCUT2D eigenvalue weighted by atomic mass is 10.1. The normalized spacial score (nSPS) is 12.9. The number of anilines is 2. The Morgan fingerprint density at radius 2 is 1.80 bits per heavy atom. The van der Waals surface area contributed by atoms with Crippen LogP contribution in [0.4, 0.5) is 11.4 Å². The standard InChI is InChI=1S/C18H16N2O5/c1-20-14-9-12(5-8-15(14)25-10-16(20)21)17(22)19-13-6-3-11(4-7-13)18(23)24-2/h3-9H,10H2,1-2H3,(H,19,22). The molecular weight excluding hydrogens is 324 g/mol. The highest BCUT2D eigenvalue weighted by Crippen LogP contribution is 2.32. The van der Waals surface area contributed by atoms with Crippen LogP contribution in [0, 0.1) is 0 Å². The summed E-state index contributed by atoms with van der Waals surface area (Å²) in [6.07, 6.45) is 0. The molecule has 0 saturated carbocycles. The molecule has 0 radical (unpaired) electrons. The van der Waals surface area contributed by atoms with E-state index >= 15 is 0 Å². The molecule has 128 valence electrons. The second-order valence-electron chi connectivity index (χ2n) is 5.45. The summed E-state index contributed by atoms with van der Waals surface area (Å²) < 4.78 is 9.97. The second-order valence-corrected chi connectivity index (χ2v) is 5.45. The molecule has 0 fully saturated rings. The zero-order valence-electron chi connectivity index (χ0n) is 13.7. The van der Waals surface area contributed by atoms with Crippen LogP contribution in [-0.2, 0) is 9.53 Å². The molecule has 2 amide bonds. The van der Waals surface area contributed by atoms with E-state index in [1.807, 2.05) is 0 Å². The van der Waals surface area contributed by atoms with Crippen LogP contribution in [0.1, 0.15) is 20.7 Å². The molecule has 0 spiro atoms. The maximum atomic E-state index is 12.4. The largest absolute Gasteiger partial charge is 0.482 e. The molecule has 7 nitrogen and oxygen atoms in total. The molecule has 2 aromatic carbocycles. The van der Waals surface area contributed by atoms with Gasteiger partial charge in [0.05, 0.1) is 18.4 Å². The molecule has 2 aromatic rings. The summed E-state index contributed by atoms with van der Waals surface area (Å²) in [6, 6.07) is 11.2. The number of esters is 1. The Balaban J connectivity index is 1.78. The van der Waals surface area contributed by atoms with Gasteiger partial charge in [-0.2, -0.15) is 0 Å². The number of likely N-dealkylation sites (N-methyl/N-ethyl adjacent to an activating group) is 1. The number of amides is 2. The minimum absolute atomic E-state index is 0.0123. The van der Waals surface area contributed by atoms with Gasteiger partial charge in [0.25, 0.3) is 11.8 Å². The molecule has 3 rings (SSSR count). The molecule has 0 unspecified atom stereocenters. The fraction of sp³-hybridized carbons (Fsp3) is 0.167. The predicted octanol–water partition coefficient (Wildman–Crippen LogP) is 2.08. The zero-order chi connectivity index (χ0) is 18.0. The van der Waals surface area contributed by atoms with Crippen molar-refractivity contribution in [2.24, 2.45) is 0 Å². The molecule has 1 N–H and O–H groups in total. The maximum Gasteiger partial charge on any atom is 0.337 e. The van der Waals surface area contributed by atoms with Gasteiger partial charge in [0.2, 0.25) is 0 Å². The summed E-state index contributed by atoms with van der Waals surface area (Å²) in [5, 5.41) is 2.74. The summed E-state index contributed by atoms with van der Waals surface area (Å²) in [5.41, 5.74) is 1.87. The fourth-order valence-corrected chi connectivity index (χ4v) is 2.42. The maximum absolute atomic E-state index is 12.4. The summed E-state index contributed by atoms with van der Waals surface area (Å²) in [7, 11) is 2.94. The minimum Gasteiger partial charge on any atom is -0.482 e. The molecule has 0 atom stereocenters. The van der Waals surface area contributed by atoms with Crippen molar-refractivity contribution in [3.63, 3.8) is 0 Å². The van der Waals surface area contributed by atoms with Crippen molar-refractivity contribution in [3.05, 3.63) is 53.6 Å². The van der Waals surface area contributed by atoms with Gasteiger partial charge in [-0.3, -0.25) is 9.59 Å². The molecule has 7 heteroatoms. The van der Waals surface area contributed by atoms with Crippen LogP contribution in [0.3, 0.4) is 0 Å². The summed E-state index contributed by atoms with van der Waals surface area (Å²) in [6.45, 7) is -0.0123. The van der Waals surface area contributed by atoms with E-state index in [2.05, 4.69) is 10.1 Å². The smallest absolute Gasteiger partial charge is 0.337 e. The van der Waals surface area contributed by atoms with Crippen molar-refractivity contribution in [2.45, 2.75) is 0 Å². The van der Waals surface area contributed by atoms with Crippen LogP contribution in [0.25, 0.3) is 0 Å². The lowest BCUT2D eigenvalue weighted by Gasteiger charge is -2.26. The van der Waals surface area contributed by atoms with Gasteiger partial charge >= 0.3 is 5.97 Å². The third-order valence-corrected chi connectivity index (χ3v) is 3.87. The average Bonchev–Trinajstić information content (AvgIpc) is 2.64. The van der Waals surface area contributed by atoms with Crippen molar-refractivity contribution < 1.29 is 23.9 Å². The Morgan fingerprint density at radius 1 is 1.12 bits per heavy atom. The lowest BCUT2D eigenvalue weighted by molar-refractivity contribution is -0.120. The van der Waals surface area contributed by atoms with Crippen LogP contribution in [-0.4, -0.2) is 38.5 Å². The molecule has 1 heterocycles. The Kier molecular flexibility index (Phi) is 4.38. The Labute approximate surface area is 144 Å². The fourth-order valence-electron chi connectivity index (χ4n) is 2.42. The molecule has 25 heavy (non-hydrogen) atoms. The predicted molar refractivity (Wildman–Crippen MR) is 91.1 cm³/mol. The second kappa shape index (κ2) is 6.64. The molecule has 1 aliphatic rings. The monoisotopic (exact) mass is 340 g/mol. The van der Waals surface area contributed by atoms with Crippen molar-refractivity contribution in [1.29, 1.82) is 0 Å². The number of benzene rings is 2. The molecular formula is C18H16N2O5. The lowest BCUT2D eigenvalue weighted by Crippen LogP contribution is -2.35. The highest BCUT2D eigenvalue weighted by atomic mass is 16.5. The van der Waals surface area contributed by atoms with Crippen molar-refractivity contribution in [2.75, 3.05) is 31.0 Å². The summed E-state index contributed by atoms with van der Waals surface area (Å²) >= 11 is 0. The highest BCUT2D eigenvalue weighted by Gasteiger charge is 2.23. The topological polar surface area (TPSA) is 84.9 Å². The number of fused-ring (bicyclic) bond motifs is 1. The van der Waals surface area contributed by atoms with E-state index < -0.39 is 5.97 Å². The SMILES string of the molecule is COC(=O)c1ccc(NC(=O)c2ccc3c(c2)N(C)C(=O)CO3)cc1. The van der Waals surface area contributed by atoms with Crippen LogP contribution < -0.4 is 15.0 Å². The quantitative estimate of drug-likeness (QED) is 0.865. The number of nitrogens with one attached hydrogen (secondary N) is 1. The first-order chi connectivity index (χ1) is 12.0. The van der Waals surface area contributed by atoms with Crippen LogP contribution >= 0.6 is 0 Å². The number of ether oxygens (including phenoxy) is 2. The molecule has 0 aliphatic carbocycles. The van der Waals surface area contributed by atoms with Crippen LogP contribution in [0.15, 0.2) is 42.5 Å². The van der Waals surface area contributed by atoms with Gasteiger partial charge in [-0.05, 0) is 42.5 Å². The number of methoxy groups -OCH3 is 1.